The molecular weight excluding hydrogens is 228 g/mol. The van der Waals surface area contributed by atoms with E-state index in [-0.39, 0.29) is 18.3 Å². The number of carbonyl (C=O) groups excluding carboxylic acids is 1. The number of nitrogens with two attached hydrogens (primary N) is 1. The van der Waals surface area contributed by atoms with Crippen LogP contribution < -0.4 is 15.8 Å². The number of hydrogen-bond acceptors (Lipinski definition) is 3. The summed E-state index contributed by atoms with van der Waals surface area (Å²) in [5.74, 6) is 0.656. The normalized spacial score (nSPS) is 9.19. The minimum atomic E-state index is -0.0967. The average Bonchev–Trinajstić information content (AvgIpc) is 2.25. The molecule has 16 heavy (non-hydrogen) atoms. The van der Waals surface area contributed by atoms with Crippen LogP contribution in [0.15, 0.2) is 18.2 Å². The number of rotatable bonds is 4. The van der Waals surface area contributed by atoms with E-state index in [0.717, 1.165) is 11.3 Å². The summed E-state index contributed by atoms with van der Waals surface area (Å²) in [5, 5.41) is 2.72. The van der Waals surface area contributed by atoms with E-state index in [1.807, 2.05) is 13.0 Å². The number of nitrogens with one attached hydrogen (secondary N) is 1. The van der Waals surface area contributed by atoms with Gasteiger partial charge in [-0.15, -0.1) is 12.4 Å². The average molecular weight is 245 g/mol. The maximum Gasteiger partial charge on any atom is 0.251 e. The maximum absolute atomic E-state index is 11.6. The van der Waals surface area contributed by atoms with E-state index in [1.54, 1.807) is 19.2 Å². The summed E-state index contributed by atoms with van der Waals surface area (Å²) in [6, 6.07) is 5.35. The maximum atomic E-state index is 11.6. The van der Waals surface area contributed by atoms with E-state index in [2.05, 4.69) is 5.32 Å². The summed E-state index contributed by atoms with van der Waals surface area (Å²) in [5.41, 5.74) is 6.85. The fraction of sp³-hybridized carbons (Fsp3) is 0.364. The summed E-state index contributed by atoms with van der Waals surface area (Å²) in [6.07, 6.45) is 0. The van der Waals surface area contributed by atoms with Crippen molar-refractivity contribution in [2.24, 2.45) is 5.73 Å². The first-order chi connectivity index (χ1) is 7.19. The molecule has 0 spiro atoms. The topological polar surface area (TPSA) is 64.3 Å². The summed E-state index contributed by atoms with van der Waals surface area (Å²) >= 11 is 0. The predicted octanol–water partition coefficient (Wildman–Crippen LogP) is 1.11. The largest absolute Gasteiger partial charge is 0.497 e. The number of benzene rings is 1. The first-order valence-corrected chi connectivity index (χ1v) is 4.82. The second-order valence-corrected chi connectivity index (χ2v) is 3.23. The van der Waals surface area contributed by atoms with Gasteiger partial charge in [0.1, 0.15) is 5.75 Å². The van der Waals surface area contributed by atoms with Gasteiger partial charge in [-0.2, -0.15) is 0 Å². The number of amides is 1. The fourth-order valence-corrected chi connectivity index (χ4v) is 1.30. The third-order valence-corrected chi connectivity index (χ3v) is 2.11. The van der Waals surface area contributed by atoms with E-state index in [4.69, 9.17) is 10.5 Å². The van der Waals surface area contributed by atoms with Crippen LogP contribution in [0.1, 0.15) is 15.9 Å². The summed E-state index contributed by atoms with van der Waals surface area (Å²) in [7, 11) is 1.60. The van der Waals surface area contributed by atoms with E-state index in [1.165, 1.54) is 0 Å². The van der Waals surface area contributed by atoms with Gasteiger partial charge in [0.25, 0.3) is 5.91 Å². The van der Waals surface area contributed by atoms with E-state index in [9.17, 15) is 4.79 Å². The molecule has 0 aromatic heterocycles. The van der Waals surface area contributed by atoms with Crippen molar-refractivity contribution in [2.45, 2.75) is 6.92 Å². The minimum absolute atomic E-state index is 0. The highest BCUT2D eigenvalue weighted by atomic mass is 35.5. The fourth-order valence-electron chi connectivity index (χ4n) is 1.30. The molecule has 0 bridgehead atoms. The van der Waals surface area contributed by atoms with Crippen molar-refractivity contribution >= 4 is 18.3 Å². The van der Waals surface area contributed by atoms with E-state index in [0.29, 0.717) is 18.7 Å². The van der Waals surface area contributed by atoms with Crippen LogP contribution in [-0.2, 0) is 0 Å². The van der Waals surface area contributed by atoms with Crippen molar-refractivity contribution in [3.8, 4) is 5.75 Å². The van der Waals surface area contributed by atoms with Crippen LogP contribution in [0.4, 0.5) is 0 Å². The molecule has 0 aliphatic heterocycles. The molecule has 1 amide bonds. The number of hydrogen-bond donors (Lipinski definition) is 2. The van der Waals surface area contributed by atoms with Crippen molar-refractivity contribution < 1.29 is 9.53 Å². The lowest BCUT2D eigenvalue weighted by atomic mass is 10.1. The smallest absolute Gasteiger partial charge is 0.251 e. The molecule has 4 nitrogen and oxygen atoms in total. The predicted molar refractivity (Wildman–Crippen MR) is 66.4 cm³/mol. The Morgan fingerprint density at radius 2 is 2.19 bits per heavy atom. The Morgan fingerprint density at radius 1 is 1.50 bits per heavy atom. The monoisotopic (exact) mass is 244 g/mol. The Morgan fingerprint density at radius 3 is 2.69 bits per heavy atom. The number of aryl methyl sites for hydroxylation is 1. The van der Waals surface area contributed by atoms with Crippen molar-refractivity contribution in [3.05, 3.63) is 29.3 Å². The van der Waals surface area contributed by atoms with Crippen molar-refractivity contribution in [1.29, 1.82) is 0 Å². The second kappa shape index (κ2) is 7.09. The highest BCUT2D eigenvalue weighted by molar-refractivity contribution is 5.95. The van der Waals surface area contributed by atoms with Crippen LogP contribution in [0.25, 0.3) is 0 Å². The summed E-state index contributed by atoms with van der Waals surface area (Å²) in [4.78, 5) is 11.6. The van der Waals surface area contributed by atoms with Gasteiger partial charge in [0.15, 0.2) is 0 Å². The molecule has 90 valence electrons. The van der Waals surface area contributed by atoms with Gasteiger partial charge in [0, 0.05) is 18.7 Å². The molecule has 0 saturated carbocycles. The molecule has 1 aromatic rings. The Kier molecular flexibility index (Phi) is 6.53. The molecule has 1 rings (SSSR count). The number of carbonyl (C=O) groups is 1. The number of ether oxygens (including phenoxy) is 1. The third-order valence-electron chi connectivity index (χ3n) is 2.11. The van der Waals surface area contributed by atoms with Crippen LogP contribution in [-0.4, -0.2) is 26.1 Å². The summed E-state index contributed by atoms with van der Waals surface area (Å²) in [6.45, 7) is 2.81. The number of methoxy groups -OCH3 is 1. The lowest BCUT2D eigenvalue weighted by Gasteiger charge is -2.08. The van der Waals surface area contributed by atoms with Crippen LogP contribution >= 0.6 is 12.4 Å². The van der Waals surface area contributed by atoms with Gasteiger partial charge in [-0.05, 0) is 30.7 Å². The molecule has 0 aliphatic carbocycles. The number of halogens is 1. The molecule has 0 atom stereocenters. The molecule has 0 fully saturated rings. The summed E-state index contributed by atoms with van der Waals surface area (Å²) < 4.78 is 5.06. The molecule has 0 unspecified atom stereocenters. The van der Waals surface area contributed by atoms with Gasteiger partial charge < -0.3 is 15.8 Å². The highest BCUT2D eigenvalue weighted by Gasteiger charge is 2.08. The molecule has 1 aromatic carbocycles. The van der Waals surface area contributed by atoms with Crippen LogP contribution in [0.5, 0.6) is 5.75 Å². The molecule has 0 heterocycles. The molecular formula is C11H17ClN2O2. The van der Waals surface area contributed by atoms with Crippen LogP contribution in [0.3, 0.4) is 0 Å². The van der Waals surface area contributed by atoms with Crippen LogP contribution in [0, 0.1) is 6.92 Å². The molecule has 5 heteroatoms. The SMILES string of the molecule is COc1ccc(C(=O)NCCN)c(C)c1.Cl. The van der Waals surface area contributed by atoms with Gasteiger partial charge in [0.2, 0.25) is 0 Å². The Balaban J connectivity index is 0.00000225. The first-order valence-electron chi connectivity index (χ1n) is 4.82. The first kappa shape index (κ1) is 14.7. The van der Waals surface area contributed by atoms with Gasteiger partial charge in [0.05, 0.1) is 7.11 Å². The second-order valence-electron chi connectivity index (χ2n) is 3.23. The Hall–Kier alpha value is -1.26. The quantitative estimate of drug-likeness (QED) is 0.834. The zero-order valence-electron chi connectivity index (χ0n) is 9.45. The van der Waals surface area contributed by atoms with Gasteiger partial charge in [-0.1, -0.05) is 0 Å². The van der Waals surface area contributed by atoms with Crippen LogP contribution in [0.2, 0.25) is 0 Å². The zero-order valence-corrected chi connectivity index (χ0v) is 10.3. The van der Waals surface area contributed by atoms with Gasteiger partial charge >= 0.3 is 0 Å². The zero-order chi connectivity index (χ0) is 11.3. The van der Waals surface area contributed by atoms with Gasteiger partial charge in [-0.25, -0.2) is 0 Å². The van der Waals surface area contributed by atoms with Crippen molar-refractivity contribution in [1.82, 2.24) is 5.32 Å². The Bertz CT molecular complexity index is 356. The van der Waals surface area contributed by atoms with E-state index < -0.39 is 0 Å². The standard InChI is InChI=1S/C11H16N2O2.ClH/c1-8-7-9(15-2)3-4-10(8)11(14)13-6-5-12;/h3-4,7H,5-6,12H2,1-2H3,(H,13,14);1H. The van der Waals surface area contributed by atoms with Gasteiger partial charge in [-0.3, -0.25) is 4.79 Å². The lowest BCUT2D eigenvalue weighted by Crippen LogP contribution is -2.29. The van der Waals surface area contributed by atoms with E-state index >= 15 is 0 Å². The lowest BCUT2D eigenvalue weighted by molar-refractivity contribution is 0.0954. The van der Waals surface area contributed by atoms with Crippen molar-refractivity contribution in [2.75, 3.05) is 20.2 Å². The molecule has 3 N–H and O–H groups in total. The Labute approximate surface area is 102 Å². The minimum Gasteiger partial charge on any atom is -0.497 e. The molecule has 0 aliphatic rings. The highest BCUT2D eigenvalue weighted by Crippen LogP contribution is 2.16. The third kappa shape index (κ3) is 3.72. The molecule has 0 radical (unpaired) electrons. The van der Waals surface area contributed by atoms with Crippen molar-refractivity contribution in [3.63, 3.8) is 0 Å². The molecule has 0 saturated heterocycles.